The number of carbonyl (C=O) groups excluding carboxylic acids is 1. The maximum Gasteiger partial charge on any atom is 0.322 e. The molecule has 4 nitrogen and oxygen atoms in total. The van der Waals surface area contributed by atoms with Crippen LogP contribution in [0.25, 0.3) is 11.0 Å². The van der Waals surface area contributed by atoms with Crippen LogP contribution in [0.2, 0.25) is 0 Å². The third-order valence-corrected chi connectivity index (χ3v) is 4.12. The predicted molar refractivity (Wildman–Crippen MR) is 92.4 cm³/mol. The molecule has 0 bridgehead atoms. The Morgan fingerprint density at radius 1 is 1.16 bits per heavy atom. The summed E-state index contributed by atoms with van der Waals surface area (Å²) in [6.07, 6.45) is 0. The lowest BCUT2D eigenvalue weighted by atomic mass is 10.2. The minimum Gasteiger partial charge on any atom is -0.459 e. The SMILES string of the molecule is CCN(C(=O)Nc1c(F)cccc1F)[C@H](C)c1cc2ccccc2o1. The Morgan fingerprint density at radius 3 is 2.48 bits per heavy atom. The molecule has 6 heteroatoms. The molecule has 1 heterocycles. The molecule has 130 valence electrons. The van der Waals surface area contributed by atoms with Crippen molar-refractivity contribution in [1.29, 1.82) is 0 Å². The topological polar surface area (TPSA) is 45.5 Å². The second-order valence-electron chi connectivity index (χ2n) is 5.68. The number of hydrogen-bond acceptors (Lipinski definition) is 2. The molecule has 3 rings (SSSR count). The first kappa shape index (κ1) is 17.0. The van der Waals surface area contributed by atoms with Crippen molar-refractivity contribution in [1.82, 2.24) is 4.90 Å². The number of anilines is 1. The lowest BCUT2D eigenvalue weighted by Gasteiger charge is -2.27. The first-order chi connectivity index (χ1) is 12.0. The van der Waals surface area contributed by atoms with Gasteiger partial charge in [0.25, 0.3) is 0 Å². The van der Waals surface area contributed by atoms with Gasteiger partial charge in [0, 0.05) is 11.9 Å². The van der Waals surface area contributed by atoms with E-state index >= 15 is 0 Å². The summed E-state index contributed by atoms with van der Waals surface area (Å²) in [5.41, 5.74) is 0.267. The van der Waals surface area contributed by atoms with Gasteiger partial charge in [-0.15, -0.1) is 0 Å². The average Bonchev–Trinajstić information content (AvgIpc) is 3.03. The number of fused-ring (bicyclic) bond motifs is 1. The number of amides is 2. The number of hydrogen-bond donors (Lipinski definition) is 1. The van der Waals surface area contributed by atoms with Crippen LogP contribution in [0.15, 0.2) is 52.9 Å². The molecule has 0 spiro atoms. The van der Waals surface area contributed by atoms with E-state index in [0.717, 1.165) is 23.1 Å². The van der Waals surface area contributed by atoms with Gasteiger partial charge in [-0.2, -0.15) is 0 Å². The number of halogens is 2. The highest BCUT2D eigenvalue weighted by molar-refractivity contribution is 5.90. The highest BCUT2D eigenvalue weighted by Gasteiger charge is 2.24. The van der Waals surface area contributed by atoms with Gasteiger partial charge in [-0.1, -0.05) is 24.3 Å². The highest BCUT2D eigenvalue weighted by atomic mass is 19.1. The number of furan rings is 1. The third kappa shape index (κ3) is 3.33. The maximum atomic E-state index is 13.8. The Labute approximate surface area is 144 Å². The number of urea groups is 1. The zero-order chi connectivity index (χ0) is 18.0. The average molecular weight is 344 g/mol. The summed E-state index contributed by atoms with van der Waals surface area (Å²) in [6, 6.07) is 11.8. The molecule has 1 atom stereocenters. The molecule has 0 fully saturated rings. The van der Waals surface area contributed by atoms with E-state index in [-0.39, 0.29) is 0 Å². The van der Waals surface area contributed by atoms with Gasteiger partial charge in [0.05, 0.1) is 6.04 Å². The van der Waals surface area contributed by atoms with Gasteiger partial charge in [-0.05, 0) is 38.1 Å². The van der Waals surface area contributed by atoms with E-state index in [1.807, 2.05) is 30.3 Å². The minimum absolute atomic E-state index is 0.347. The van der Waals surface area contributed by atoms with Crippen molar-refractivity contribution in [2.45, 2.75) is 19.9 Å². The molecular formula is C19H18F2N2O2. The Morgan fingerprint density at radius 2 is 1.84 bits per heavy atom. The van der Waals surface area contributed by atoms with Gasteiger partial charge in [0.2, 0.25) is 0 Å². The third-order valence-electron chi connectivity index (χ3n) is 4.12. The van der Waals surface area contributed by atoms with E-state index in [1.165, 1.54) is 11.0 Å². The monoisotopic (exact) mass is 344 g/mol. The second kappa shape index (κ2) is 6.93. The highest BCUT2D eigenvalue weighted by Crippen LogP contribution is 2.28. The quantitative estimate of drug-likeness (QED) is 0.695. The molecule has 0 saturated heterocycles. The summed E-state index contributed by atoms with van der Waals surface area (Å²) in [5.74, 6) is -1.03. The van der Waals surface area contributed by atoms with Crippen molar-refractivity contribution in [3.63, 3.8) is 0 Å². The lowest BCUT2D eigenvalue weighted by Crippen LogP contribution is -2.37. The number of benzene rings is 2. The summed E-state index contributed by atoms with van der Waals surface area (Å²) in [7, 11) is 0. The van der Waals surface area contributed by atoms with Gasteiger partial charge < -0.3 is 14.6 Å². The van der Waals surface area contributed by atoms with E-state index in [2.05, 4.69) is 5.32 Å². The molecule has 0 aliphatic rings. The van der Waals surface area contributed by atoms with E-state index < -0.39 is 29.4 Å². The van der Waals surface area contributed by atoms with Crippen LogP contribution in [0.5, 0.6) is 0 Å². The molecule has 0 radical (unpaired) electrons. The van der Waals surface area contributed by atoms with E-state index in [0.29, 0.717) is 12.3 Å². The number of nitrogens with zero attached hydrogens (tertiary/aromatic N) is 1. The van der Waals surface area contributed by atoms with Crippen LogP contribution in [0, 0.1) is 11.6 Å². The number of nitrogens with one attached hydrogen (secondary N) is 1. The Kier molecular flexibility index (Phi) is 4.70. The number of carbonyl (C=O) groups is 1. The largest absolute Gasteiger partial charge is 0.459 e. The maximum absolute atomic E-state index is 13.8. The predicted octanol–water partition coefficient (Wildman–Crippen LogP) is 5.33. The van der Waals surface area contributed by atoms with Crippen LogP contribution < -0.4 is 5.32 Å². The first-order valence-electron chi connectivity index (χ1n) is 8.01. The molecule has 25 heavy (non-hydrogen) atoms. The van der Waals surface area contributed by atoms with Crippen molar-refractivity contribution in [3.8, 4) is 0 Å². The Bertz CT molecular complexity index is 854. The van der Waals surface area contributed by atoms with E-state index in [4.69, 9.17) is 4.42 Å². The zero-order valence-corrected chi connectivity index (χ0v) is 13.9. The second-order valence-corrected chi connectivity index (χ2v) is 5.68. The standard InChI is InChI=1S/C19H18F2N2O2/c1-3-23(19(24)22-18-14(20)8-6-9-15(18)21)12(2)17-11-13-7-4-5-10-16(13)25-17/h4-12H,3H2,1-2H3,(H,22,24)/t12-/m1/s1. The zero-order valence-electron chi connectivity index (χ0n) is 13.9. The molecule has 1 N–H and O–H groups in total. The van der Waals surface area contributed by atoms with Crippen molar-refractivity contribution >= 4 is 22.7 Å². The molecule has 2 amide bonds. The van der Waals surface area contributed by atoms with E-state index in [9.17, 15) is 13.6 Å². The fourth-order valence-corrected chi connectivity index (χ4v) is 2.75. The molecule has 3 aromatic rings. The van der Waals surface area contributed by atoms with Gasteiger partial charge in [-0.25, -0.2) is 13.6 Å². The molecule has 1 aromatic heterocycles. The van der Waals surface area contributed by atoms with Crippen LogP contribution in [0.4, 0.5) is 19.3 Å². The van der Waals surface area contributed by atoms with Crippen LogP contribution in [-0.4, -0.2) is 17.5 Å². The van der Waals surface area contributed by atoms with Gasteiger partial charge in [0.15, 0.2) is 0 Å². The summed E-state index contributed by atoms with van der Waals surface area (Å²) in [5, 5.41) is 3.24. The normalized spacial score (nSPS) is 12.2. The van der Waals surface area contributed by atoms with Crippen LogP contribution >= 0.6 is 0 Å². The van der Waals surface area contributed by atoms with Gasteiger partial charge in [-0.3, -0.25) is 0 Å². The van der Waals surface area contributed by atoms with Crippen molar-refractivity contribution in [2.24, 2.45) is 0 Å². The molecule has 0 saturated carbocycles. The van der Waals surface area contributed by atoms with Crippen molar-refractivity contribution in [3.05, 3.63) is 65.9 Å². The molecular weight excluding hydrogens is 326 g/mol. The summed E-state index contributed by atoms with van der Waals surface area (Å²) in [6.45, 7) is 3.94. The van der Waals surface area contributed by atoms with E-state index in [1.54, 1.807) is 13.8 Å². The van der Waals surface area contributed by atoms with Crippen LogP contribution in [-0.2, 0) is 0 Å². The molecule has 0 unspecified atom stereocenters. The summed E-state index contributed by atoms with van der Waals surface area (Å²) in [4.78, 5) is 14.0. The molecule has 0 aliphatic heterocycles. The summed E-state index contributed by atoms with van der Waals surface area (Å²) < 4.78 is 33.3. The number of rotatable bonds is 4. The van der Waals surface area contributed by atoms with Crippen molar-refractivity contribution in [2.75, 3.05) is 11.9 Å². The fourth-order valence-electron chi connectivity index (χ4n) is 2.75. The van der Waals surface area contributed by atoms with Crippen LogP contribution in [0.3, 0.4) is 0 Å². The lowest BCUT2D eigenvalue weighted by molar-refractivity contribution is 0.189. The van der Waals surface area contributed by atoms with Gasteiger partial charge in [0.1, 0.15) is 28.7 Å². The smallest absolute Gasteiger partial charge is 0.322 e. The summed E-state index contributed by atoms with van der Waals surface area (Å²) >= 11 is 0. The first-order valence-corrected chi connectivity index (χ1v) is 8.01. The Hall–Kier alpha value is -2.89. The van der Waals surface area contributed by atoms with Crippen molar-refractivity contribution < 1.29 is 18.0 Å². The fraction of sp³-hybridized carbons (Fsp3) is 0.211. The molecule has 0 aliphatic carbocycles. The van der Waals surface area contributed by atoms with Gasteiger partial charge >= 0.3 is 6.03 Å². The Balaban J connectivity index is 1.84. The minimum atomic E-state index is -0.819. The van der Waals surface area contributed by atoms with Crippen LogP contribution in [0.1, 0.15) is 25.6 Å². The molecule has 2 aromatic carbocycles. The number of para-hydroxylation sites is 2.